The van der Waals surface area contributed by atoms with Gasteiger partial charge in [-0.15, -0.1) is 11.3 Å². The fourth-order valence-electron chi connectivity index (χ4n) is 5.46. The van der Waals surface area contributed by atoms with E-state index in [0.29, 0.717) is 16.4 Å². The van der Waals surface area contributed by atoms with Crippen molar-refractivity contribution in [3.8, 4) is 10.6 Å². The van der Waals surface area contributed by atoms with Gasteiger partial charge in [0.25, 0.3) is 0 Å². The van der Waals surface area contributed by atoms with E-state index in [1.807, 2.05) is 30.3 Å². The summed E-state index contributed by atoms with van der Waals surface area (Å²) in [5.74, 6) is 1.02. The molecule has 38 heavy (non-hydrogen) atoms. The van der Waals surface area contributed by atoms with Crippen LogP contribution < -0.4 is 9.80 Å². The zero-order chi connectivity index (χ0) is 26.1. The largest absolute Gasteiger partial charge is 0.378 e. The molecular formula is C28H31N5O3S2. The number of piperidine rings is 1. The second-order valence-corrected chi connectivity index (χ2v) is 13.2. The molecule has 0 saturated carbocycles. The molecule has 10 heteroatoms. The van der Waals surface area contributed by atoms with Crippen LogP contribution in [0.1, 0.15) is 18.5 Å². The van der Waals surface area contributed by atoms with Gasteiger partial charge in [0.1, 0.15) is 21.4 Å². The first-order chi connectivity index (χ1) is 18.5. The maximum Gasteiger partial charge on any atom is 0.189 e. The van der Waals surface area contributed by atoms with Crippen molar-refractivity contribution in [3.05, 3.63) is 60.6 Å². The van der Waals surface area contributed by atoms with Gasteiger partial charge in [0.15, 0.2) is 9.84 Å². The average Bonchev–Trinajstić information content (AvgIpc) is 3.36. The average molecular weight is 550 g/mol. The monoisotopic (exact) mass is 549 g/mol. The van der Waals surface area contributed by atoms with Gasteiger partial charge in [0, 0.05) is 42.8 Å². The second-order valence-electron chi connectivity index (χ2n) is 9.99. The van der Waals surface area contributed by atoms with E-state index in [9.17, 15) is 8.42 Å². The van der Waals surface area contributed by atoms with Gasteiger partial charge in [-0.1, -0.05) is 30.3 Å². The summed E-state index contributed by atoms with van der Waals surface area (Å²) in [5, 5.41) is 1.75. The molecule has 1 unspecified atom stereocenters. The summed E-state index contributed by atoms with van der Waals surface area (Å²) >= 11 is 1.28. The SMILES string of the molecule is Cc1nc(-c2ccccc2)sc1S(=O)(=O)CC1CCCN(c2ncnc3cc(N4CCOCC4)ccc23)C1. The summed E-state index contributed by atoms with van der Waals surface area (Å²) in [6, 6.07) is 16.1. The number of benzene rings is 2. The number of sulfone groups is 1. The van der Waals surface area contributed by atoms with E-state index < -0.39 is 9.84 Å². The van der Waals surface area contributed by atoms with Crippen LogP contribution in [0.3, 0.4) is 0 Å². The van der Waals surface area contributed by atoms with Crippen molar-refractivity contribution in [2.75, 3.05) is 54.9 Å². The number of morpholine rings is 1. The Morgan fingerprint density at radius 1 is 1.03 bits per heavy atom. The molecule has 2 aromatic heterocycles. The number of fused-ring (bicyclic) bond motifs is 1. The molecule has 4 heterocycles. The lowest BCUT2D eigenvalue weighted by Gasteiger charge is -2.34. The van der Waals surface area contributed by atoms with E-state index in [-0.39, 0.29) is 11.7 Å². The Morgan fingerprint density at radius 2 is 1.84 bits per heavy atom. The van der Waals surface area contributed by atoms with E-state index in [0.717, 1.165) is 78.7 Å². The molecule has 8 nitrogen and oxygen atoms in total. The van der Waals surface area contributed by atoms with E-state index in [4.69, 9.17) is 4.74 Å². The molecule has 2 aliphatic heterocycles. The summed E-state index contributed by atoms with van der Waals surface area (Å²) in [7, 11) is -3.46. The minimum Gasteiger partial charge on any atom is -0.378 e. The van der Waals surface area contributed by atoms with E-state index in [1.54, 1.807) is 13.3 Å². The Balaban J connectivity index is 1.21. The number of nitrogens with zero attached hydrogens (tertiary/aromatic N) is 5. The van der Waals surface area contributed by atoms with Gasteiger partial charge < -0.3 is 14.5 Å². The lowest BCUT2D eigenvalue weighted by molar-refractivity contribution is 0.122. The molecule has 198 valence electrons. The lowest BCUT2D eigenvalue weighted by atomic mass is 9.99. The van der Waals surface area contributed by atoms with E-state index in [2.05, 4.69) is 43.0 Å². The summed E-state index contributed by atoms with van der Waals surface area (Å²) in [5.41, 5.74) is 3.57. The molecule has 0 radical (unpaired) electrons. The molecule has 2 aliphatic rings. The van der Waals surface area contributed by atoms with Crippen LogP contribution in [0.2, 0.25) is 0 Å². The number of anilines is 2. The van der Waals surface area contributed by atoms with E-state index in [1.165, 1.54) is 11.3 Å². The standard InChI is InChI=1S/C28H31N5O3S2/c1-20-28(37-27(31-20)22-7-3-2-4-8-22)38(34,35)18-21-6-5-11-33(17-21)26-24-10-9-23(16-25(24)29-19-30-26)32-12-14-36-15-13-32/h2-4,7-10,16,19,21H,5-6,11-15,17-18H2,1H3. The molecule has 0 bridgehead atoms. The molecule has 0 aliphatic carbocycles. The fourth-order valence-corrected chi connectivity index (χ4v) is 8.75. The minimum absolute atomic E-state index is 0.0214. The number of aryl methyl sites for hydroxylation is 1. The van der Waals surface area contributed by atoms with Crippen LogP contribution in [0, 0.1) is 12.8 Å². The quantitative estimate of drug-likeness (QED) is 0.345. The predicted octanol–water partition coefficient (Wildman–Crippen LogP) is 4.59. The van der Waals surface area contributed by atoms with E-state index >= 15 is 0 Å². The van der Waals surface area contributed by atoms with Gasteiger partial charge in [-0.05, 0) is 43.9 Å². The Hall–Kier alpha value is -3.08. The molecule has 0 amide bonds. The predicted molar refractivity (Wildman–Crippen MR) is 152 cm³/mol. The molecule has 1 atom stereocenters. The molecule has 0 spiro atoms. The molecular weight excluding hydrogens is 518 g/mol. The molecule has 6 rings (SSSR count). The van der Waals surface area contributed by atoms with Crippen LogP contribution in [0.25, 0.3) is 21.5 Å². The number of rotatable bonds is 6. The maximum absolute atomic E-state index is 13.5. The maximum atomic E-state index is 13.5. The Morgan fingerprint density at radius 3 is 2.66 bits per heavy atom. The van der Waals surface area contributed by atoms with Crippen molar-refractivity contribution in [1.82, 2.24) is 15.0 Å². The summed E-state index contributed by atoms with van der Waals surface area (Å²) in [6.45, 7) is 6.52. The third-order valence-corrected chi connectivity index (χ3v) is 11.1. The van der Waals surface area contributed by atoms with Crippen molar-refractivity contribution in [3.63, 3.8) is 0 Å². The highest BCUT2D eigenvalue weighted by Crippen LogP contribution is 2.34. The second kappa shape index (κ2) is 10.6. The number of ether oxygens (including phenoxy) is 1. The Bertz CT molecular complexity index is 1530. The van der Waals surface area contributed by atoms with Crippen LogP contribution in [-0.4, -0.2) is 68.5 Å². The number of hydrogen-bond acceptors (Lipinski definition) is 9. The number of hydrogen-bond donors (Lipinski definition) is 0. The third kappa shape index (κ3) is 5.12. The van der Waals surface area contributed by atoms with Gasteiger partial charge in [0.2, 0.25) is 0 Å². The van der Waals surface area contributed by atoms with Gasteiger partial charge in [-0.2, -0.15) is 0 Å². The van der Waals surface area contributed by atoms with Crippen molar-refractivity contribution in [1.29, 1.82) is 0 Å². The Labute approximate surface area is 227 Å². The molecule has 2 fully saturated rings. The van der Waals surface area contributed by atoms with Crippen LogP contribution in [0.15, 0.2) is 59.1 Å². The van der Waals surface area contributed by atoms with Gasteiger partial charge in [-0.25, -0.2) is 23.4 Å². The van der Waals surface area contributed by atoms with Crippen LogP contribution in [0.5, 0.6) is 0 Å². The molecule has 2 saturated heterocycles. The molecule has 0 N–H and O–H groups in total. The van der Waals surface area contributed by atoms with Crippen molar-refractivity contribution in [2.45, 2.75) is 24.0 Å². The van der Waals surface area contributed by atoms with Crippen molar-refractivity contribution < 1.29 is 13.2 Å². The van der Waals surface area contributed by atoms with Crippen LogP contribution in [0.4, 0.5) is 11.5 Å². The number of aromatic nitrogens is 3. The van der Waals surface area contributed by atoms with Crippen LogP contribution in [-0.2, 0) is 14.6 Å². The van der Waals surface area contributed by atoms with Crippen LogP contribution >= 0.6 is 11.3 Å². The zero-order valence-corrected chi connectivity index (χ0v) is 23.0. The normalized spacial score (nSPS) is 18.7. The molecule has 2 aromatic carbocycles. The topological polar surface area (TPSA) is 88.5 Å². The minimum atomic E-state index is -3.46. The molecule has 4 aromatic rings. The lowest BCUT2D eigenvalue weighted by Crippen LogP contribution is -2.38. The highest BCUT2D eigenvalue weighted by atomic mass is 32.2. The zero-order valence-electron chi connectivity index (χ0n) is 21.4. The van der Waals surface area contributed by atoms with Crippen molar-refractivity contribution in [2.24, 2.45) is 5.92 Å². The van der Waals surface area contributed by atoms with Gasteiger partial charge in [0.05, 0.1) is 30.2 Å². The van der Waals surface area contributed by atoms with Gasteiger partial charge >= 0.3 is 0 Å². The van der Waals surface area contributed by atoms with Gasteiger partial charge in [-0.3, -0.25) is 0 Å². The Kier molecular flexibility index (Phi) is 7.03. The summed E-state index contributed by atoms with van der Waals surface area (Å²) < 4.78 is 32.9. The highest BCUT2D eigenvalue weighted by molar-refractivity contribution is 7.93. The first-order valence-corrected chi connectivity index (χ1v) is 15.5. The first kappa shape index (κ1) is 25.2. The summed E-state index contributed by atoms with van der Waals surface area (Å²) in [4.78, 5) is 18.3. The fraction of sp³-hybridized carbons (Fsp3) is 0.393. The summed E-state index contributed by atoms with van der Waals surface area (Å²) in [6.07, 6.45) is 3.42. The smallest absolute Gasteiger partial charge is 0.189 e. The number of thiazole rings is 1. The first-order valence-electron chi connectivity index (χ1n) is 13.1. The van der Waals surface area contributed by atoms with Crippen molar-refractivity contribution >= 4 is 43.6 Å². The highest BCUT2D eigenvalue weighted by Gasteiger charge is 2.30. The third-order valence-electron chi connectivity index (χ3n) is 7.31.